The second-order valence-electron chi connectivity index (χ2n) is 4.01. The van der Waals surface area contributed by atoms with Crippen LogP contribution in [0.2, 0.25) is 0 Å². The van der Waals surface area contributed by atoms with Gasteiger partial charge in [0.2, 0.25) is 0 Å². The van der Waals surface area contributed by atoms with E-state index >= 15 is 0 Å². The van der Waals surface area contributed by atoms with Crippen LogP contribution in [0.4, 0.5) is 0 Å². The quantitative estimate of drug-likeness (QED) is 0.649. The van der Waals surface area contributed by atoms with E-state index in [4.69, 9.17) is 9.47 Å². The van der Waals surface area contributed by atoms with Crippen LogP contribution in [0.25, 0.3) is 0 Å². The second-order valence-corrected chi connectivity index (χ2v) is 4.01. The Labute approximate surface area is 112 Å². The third-order valence-corrected chi connectivity index (χ3v) is 2.31. The number of hydrogen-bond acceptors (Lipinski definition) is 5. The smallest absolute Gasteiger partial charge is 0.333 e. The minimum atomic E-state index is -0.766. The topological polar surface area (TPSA) is 64.6 Å². The van der Waals surface area contributed by atoms with Gasteiger partial charge in [-0.15, -0.1) is 0 Å². The average Bonchev–Trinajstić information content (AvgIpc) is 2.35. The third-order valence-electron chi connectivity index (χ3n) is 2.31. The van der Waals surface area contributed by atoms with Crippen molar-refractivity contribution in [3.05, 3.63) is 42.1 Å². The van der Waals surface area contributed by atoms with Crippen LogP contribution in [0, 0.1) is 0 Å². The van der Waals surface area contributed by atoms with Crippen LogP contribution >= 0.6 is 0 Å². The minimum absolute atomic E-state index is 0.319. The fourth-order valence-corrected chi connectivity index (χ4v) is 1.59. The number of carbonyl (C=O) groups excluding carboxylic acids is 2. The number of hydrogen-bond donors (Lipinski definition) is 1. The van der Waals surface area contributed by atoms with Crippen molar-refractivity contribution in [2.75, 3.05) is 7.11 Å². The molecule has 0 heterocycles. The van der Waals surface area contributed by atoms with Crippen LogP contribution in [0.15, 0.2) is 36.5 Å². The van der Waals surface area contributed by atoms with E-state index in [-0.39, 0.29) is 0 Å². The number of carbonyl (C=O) groups is 2. The van der Waals surface area contributed by atoms with Crippen molar-refractivity contribution in [2.45, 2.75) is 19.9 Å². The molecule has 0 saturated heterocycles. The van der Waals surface area contributed by atoms with Crippen LogP contribution in [0.3, 0.4) is 0 Å². The maximum absolute atomic E-state index is 11.8. The number of nitrogens with one attached hydrogen (secondary N) is 1. The number of ether oxygens (including phenoxy) is 2. The fourth-order valence-electron chi connectivity index (χ4n) is 1.59. The fraction of sp³-hybridized carbons (Fsp3) is 0.286. The van der Waals surface area contributed by atoms with Gasteiger partial charge in [-0.3, -0.25) is 4.79 Å². The summed E-state index contributed by atoms with van der Waals surface area (Å²) >= 11 is 0. The molecule has 5 heteroatoms. The summed E-state index contributed by atoms with van der Waals surface area (Å²) in [5.74, 6) is -0.617. The highest BCUT2D eigenvalue weighted by Gasteiger charge is 2.24. The molecular formula is C14H17NO4. The molecule has 1 aromatic carbocycles. The van der Waals surface area contributed by atoms with E-state index in [0.717, 1.165) is 0 Å². The van der Waals surface area contributed by atoms with E-state index < -0.39 is 18.0 Å². The molecule has 19 heavy (non-hydrogen) atoms. The highest BCUT2D eigenvalue weighted by molar-refractivity contribution is 5.79. The third kappa shape index (κ3) is 4.13. The van der Waals surface area contributed by atoms with Crippen molar-refractivity contribution in [2.24, 2.45) is 0 Å². The van der Waals surface area contributed by atoms with Crippen molar-refractivity contribution in [3.8, 4) is 5.75 Å². The van der Waals surface area contributed by atoms with Crippen LogP contribution in [0.1, 0.15) is 25.5 Å². The Kier molecular flexibility index (Phi) is 5.11. The SMILES string of the molecule is C=C(C)NC(C(=O)OC)c1ccccc1OC(C)=O. The summed E-state index contributed by atoms with van der Waals surface area (Å²) in [6, 6.07) is 6.01. The van der Waals surface area contributed by atoms with E-state index in [2.05, 4.69) is 11.9 Å². The van der Waals surface area contributed by atoms with Crippen LogP contribution < -0.4 is 10.1 Å². The minimum Gasteiger partial charge on any atom is -0.467 e. The van der Waals surface area contributed by atoms with Gasteiger partial charge in [0.1, 0.15) is 5.75 Å². The lowest BCUT2D eigenvalue weighted by atomic mass is 10.1. The second kappa shape index (κ2) is 6.58. The van der Waals surface area contributed by atoms with Gasteiger partial charge in [-0.2, -0.15) is 0 Å². The van der Waals surface area contributed by atoms with Crippen LogP contribution in [-0.4, -0.2) is 19.0 Å². The molecule has 1 atom stereocenters. The average molecular weight is 263 g/mol. The summed E-state index contributed by atoms with van der Waals surface area (Å²) in [5, 5.41) is 2.90. The molecular weight excluding hydrogens is 246 g/mol. The lowest BCUT2D eigenvalue weighted by Gasteiger charge is -2.20. The van der Waals surface area contributed by atoms with Crippen molar-refractivity contribution in [1.82, 2.24) is 5.32 Å². The van der Waals surface area contributed by atoms with Crippen LogP contribution in [0.5, 0.6) is 5.75 Å². The predicted molar refractivity (Wildman–Crippen MR) is 70.5 cm³/mol. The number of esters is 2. The molecule has 1 rings (SSSR count). The van der Waals surface area contributed by atoms with E-state index in [9.17, 15) is 9.59 Å². The zero-order valence-corrected chi connectivity index (χ0v) is 11.2. The monoisotopic (exact) mass is 263 g/mol. The molecule has 0 aliphatic rings. The number of para-hydroxylation sites is 1. The normalized spacial score (nSPS) is 11.3. The van der Waals surface area contributed by atoms with Gasteiger partial charge in [-0.05, 0) is 13.0 Å². The lowest BCUT2D eigenvalue weighted by molar-refractivity contribution is -0.143. The zero-order chi connectivity index (χ0) is 14.4. The van der Waals surface area contributed by atoms with Gasteiger partial charge in [0.15, 0.2) is 6.04 Å². The van der Waals surface area contributed by atoms with E-state index in [1.54, 1.807) is 31.2 Å². The van der Waals surface area contributed by atoms with Crippen molar-refractivity contribution >= 4 is 11.9 Å². The summed E-state index contributed by atoms with van der Waals surface area (Å²) in [7, 11) is 1.30. The Hall–Kier alpha value is -2.30. The van der Waals surface area contributed by atoms with E-state index in [1.165, 1.54) is 14.0 Å². The van der Waals surface area contributed by atoms with Gasteiger partial charge < -0.3 is 14.8 Å². The Balaban J connectivity index is 3.17. The Bertz CT molecular complexity index is 496. The molecule has 0 saturated carbocycles. The first-order valence-electron chi connectivity index (χ1n) is 5.73. The summed E-state index contributed by atoms with van der Waals surface area (Å²) in [6.07, 6.45) is 0. The van der Waals surface area contributed by atoms with Gasteiger partial charge in [-0.25, -0.2) is 4.79 Å². The molecule has 0 aliphatic heterocycles. The molecule has 0 bridgehead atoms. The van der Waals surface area contributed by atoms with Gasteiger partial charge in [-0.1, -0.05) is 24.8 Å². The molecule has 0 spiro atoms. The zero-order valence-electron chi connectivity index (χ0n) is 11.2. The molecule has 1 aromatic rings. The highest BCUT2D eigenvalue weighted by Crippen LogP contribution is 2.26. The largest absolute Gasteiger partial charge is 0.467 e. The molecule has 0 aromatic heterocycles. The van der Waals surface area contributed by atoms with E-state index in [1.807, 2.05) is 0 Å². The first kappa shape index (κ1) is 14.8. The molecule has 0 radical (unpaired) electrons. The van der Waals surface area contributed by atoms with Crippen molar-refractivity contribution < 1.29 is 19.1 Å². The molecule has 0 fully saturated rings. The molecule has 1 unspecified atom stereocenters. The van der Waals surface area contributed by atoms with Gasteiger partial charge in [0.25, 0.3) is 0 Å². The highest BCUT2D eigenvalue weighted by atomic mass is 16.5. The Morgan fingerprint density at radius 2 is 1.89 bits per heavy atom. The first-order valence-corrected chi connectivity index (χ1v) is 5.73. The van der Waals surface area contributed by atoms with Gasteiger partial charge >= 0.3 is 11.9 Å². The molecule has 0 aliphatic carbocycles. The molecule has 5 nitrogen and oxygen atoms in total. The summed E-state index contributed by atoms with van der Waals surface area (Å²) in [5.41, 5.74) is 1.13. The number of benzene rings is 1. The summed E-state index contributed by atoms with van der Waals surface area (Å²) in [4.78, 5) is 22.9. The number of allylic oxidation sites excluding steroid dienone is 1. The lowest BCUT2D eigenvalue weighted by Crippen LogP contribution is -2.28. The van der Waals surface area contributed by atoms with Gasteiger partial charge in [0, 0.05) is 18.2 Å². The van der Waals surface area contributed by atoms with Gasteiger partial charge in [0.05, 0.1) is 7.11 Å². The Morgan fingerprint density at radius 3 is 2.42 bits per heavy atom. The molecule has 0 amide bonds. The summed E-state index contributed by atoms with van der Waals surface area (Å²) in [6.45, 7) is 6.73. The number of methoxy groups -OCH3 is 1. The molecule has 1 N–H and O–H groups in total. The van der Waals surface area contributed by atoms with Crippen molar-refractivity contribution in [1.29, 1.82) is 0 Å². The maximum atomic E-state index is 11.8. The van der Waals surface area contributed by atoms with Crippen LogP contribution in [-0.2, 0) is 14.3 Å². The van der Waals surface area contributed by atoms with E-state index in [0.29, 0.717) is 17.0 Å². The summed E-state index contributed by atoms with van der Waals surface area (Å²) < 4.78 is 9.83. The maximum Gasteiger partial charge on any atom is 0.333 e. The standard InChI is InChI=1S/C14H17NO4/c1-9(2)15-13(14(17)18-4)11-7-5-6-8-12(11)19-10(3)16/h5-8,13,15H,1H2,2-4H3. The molecule has 102 valence electrons. The predicted octanol–water partition coefficient (Wildman–Crippen LogP) is 1.95. The number of rotatable bonds is 5. The Morgan fingerprint density at radius 1 is 1.26 bits per heavy atom. The van der Waals surface area contributed by atoms with Crippen molar-refractivity contribution in [3.63, 3.8) is 0 Å². The first-order chi connectivity index (χ1) is 8.95.